The molecule has 0 saturated heterocycles. The van der Waals surface area contributed by atoms with Crippen LogP contribution in [0.3, 0.4) is 0 Å². The van der Waals surface area contributed by atoms with Crippen LogP contribution in [0.1, 0.15) is 53.5 Å². The molecule has 0 aliphatic rings. The number of alkyl carbamates (subject to hydrolysis) is 1. The van der Waals surface area contributed by atoms with E-state index in [1.165, 1.54) is 6.20 Å². The Morgan fingerprint density at radius 2 is 1.77 bits per heavy atom. The number of carbonyl (C=O) groups excluding carboxylic acids is 2. The Hall–Kier alpha value is -2.58. The second kappa shape index (κ2) is 8.20. The molecule has 0 aliphatic heterocycles. The van der Waals surface area contributed by atoms with Crippen molar-refractivity contribution >= 4 is 18.0 Å². The Balaban J connectivity index is 2.87. The molecule has 0 aliphatic carbocycles. The van der Waals surface area contributed by atoms with Crippen molar-refractivity contribution < 1.29 is 19.1 Å². The minimum absolute atomic E-state index is 0.00863. The molecule has 1 aromatic rings. The first-order valence-electron chi connectivity index (χ1n) is 8.33. The van der Waals surface area contributed by atoms with Crippen molar-refractivity contribution in [2.24, 2.45) is 0 Å². The van der Waals surface area contributed by atoms with E-state index in [1.54, 1.807) is 41.5 Å². The highest BCUT2D eigenvalue weighted by Crippen LogP contribution is 2.13. The van der Waals surface area contributed by atoms with Gasteiger partial charge in [-0.3, -0.25) is 9.78 Å². The van der Waals surface area contributed by atoms with Gasteiger partial charge in [-0.25, -0.2) is 14.6 Å². The molecule has 1 atom stereocenters. The summed E-state index contributed by atoms with van der Waals surface area (Å²) in [5, 5.41) is 2.50. The zero-order valence-corrected chi connectivity index (χ0v) is 16.1. The van der Waals surface area contributed by atoms with E-state index in [1.807, 2.05) is 0 Å². The number of H-pyrrole nitrogens is 1. The molecule has 0 fully saturated rings. The maximum absolute atomic E-state index is 12.4. The number of aryl methyl sites for hydroxylation is 1. The van der Waals surface area contributed by atoms with Crippen molar-refractivity contribution in [2.45, 2.75) is 71.6 Å². The number of amides is 1. The molecule has 0 radical (unpaired) electrons. The number of nitrogens with one attached hydrogen (secondary N) is 2. The van der Waals surface area contributed by atoms with Gasteiger partial charge < -0.3 is 20.5 Å². The Kier molecular flexibility index (Phi) is 6.77. The summed E-state index contributed by atoms with van der Waals surface area (Å²) in [6.07, 6.45) is 0.941. The van der Waals surface area contributed by atoms with Crippen molar-refractivity contribution in [3.63, 3.8) is 0 Å². The zero-order chi connectivity index (χ0) is 20.1. The van der Waals surface area contributed by atoms with Crippen LogP contribution >= 0.6 is 0 Å². The Bertz CT molecular complexity index is 700. The van der Waals surface area contributed by atoms with Gasteiger partial charge in [0.15, 0.2) is 5.95 Å². The highest BCUT2D eigenvalue weighted by atomic mass is 16.6. The molecule has 4 N–H and O–H groups in total. The molecular weight excluding hydrogens is 340 g/mol. The summed E-state index contributed by atoms with van der Waals surface area (Å²) < 4.78 is 10.5. The van der Waals surface area contributed by atoms with Gasteiger partial charge in [0.05, 0.1) is 0 Å². The minimum atomic E-state index is -0.971. The summed E-state index contributed by atoms with van der Waals surface area (Å²) in [6, 6.07) is -0.971. The molecule has 1 aromatic heterocycles. The summed E-state index contributed by atoms with van der Waals surface area (Å²) >= 11 is 0. The molecule has 9 nitrogen and oxygen atoms in total. The van der Waals surface area contributed by atoms with Crippen LogP contribution < -0.4 is 16.6 Å². The fourth-order valence-corrected chi connectivity index (χ4v) is 1.98. The predicted molar refractivity (Wildman–Crippen MR) is 96.6 cm³/mol. The van der Waals surface area contributed by atoms with Crippen molar-refractivity contribution in [1.29, 1.82) is 0 Å². The van der Waals surface area contributed by atoms with Gasteiger partial charge >= 0.3 is 12.1 Å². The number of nitrogens with zero attached hydrogens (tertiary/aromatic N) is 1. The Morgan fingerprint density at radius 3 is 2.27 bits per heavy atom. The molecule has 1 amide bonds. The first-order valence-corrected chi connectivity index (χ1v) is 8.33. The van der Waals surface area contributed by atoms with Gasteiger partial charge in [-0.15, -0.1) is 0 Å². The van der Waals surface area contributed by atoms with Gasteiger partial charge in [0.2, 0.25) is 0 Å². The highest BCUT2D eigenvalue weighted by Gasteiger charge is 2.28. The normalized spacial score (nSPS) is 13.0. The third kappa shape index (κ3) is 8.00. The minimum Gasteiger partial charge on any atom is -0.458 e. The van der Waals surface area contributed by atoms with Crippen molar-refractivity contribution in [1.82, 2.24) is 15.3 Å². The molecule has 1 rings (SSSR count). The van der Waals surface area contributed by atoms with E-state index in [0.29, 0.717) is 5.56 Å². The number of rotatable bonds is 5. The lowest BCUT2D eigenvalue weighted by atomic mass is 10.1. The largest absolute Gasteiger partial charge is 0.458 e. The van der Waals surface area contributed by atoms with Gasteiger partial charge in [-0.1, -0.05) is 0 Å². The Labute approximate surface area is 152 Å². The summed E-state index contributed by atoms with van der Waals surface area (Å²) in [5.41, 5.74) is 3.94. The van der Waals surface area contributed by atoms with Crippen LogP contribution in [0.4, 0.5) is 10.7 Å². The van der Waals surface area contributed by atoms with Crippen LogP contribution in [-0.4, -0.2) is 39.3 Å². The third-order valence-corrected chi connectivity index (χ3v) is 2.98. The van der Waals surface area contributed by atoms with E-state index in [0.717, 1.165) is 0 Å². The first kappa shape index (κ1) is 21.5. The first-order chi connectivity index (χ1) is 11.8. The lowest BCUT2D eigenvalue weighted by Gasteiger charge is -2.26. The van der Waals surface area contributed by atoms with E-state index in [2.05, 4.69) is 15.3 Å². The summed E-state index contributed by atoms with van der Waals surface area (Å²) in [6.45, 7) is 10.3. The van der Waals surface area contributed by atoms with Crippen LogP contribution in [0.2, 0.25) is 0 Å². The highest BCUT2D eigenvalue weighted by molar-refractivity contribution is 5.81. The number of nitrogens with two attached hydrogens (primary N) is 1. The van der Waals surface area contributed by atoms with Crippen molar-refractivity contribution in [2.75, 3.05) is 5.73 Å². The molecule has 1 unspecified atom stereocenters. The predicted octanol–water partition coefficient (Wildman–Crippen LogP) is 1.52. The third-order valence-electron chi connectivity index (χ3n) is 2.98. The van der Waals surface area contributed by atoms with Crippen LogP contribution in [-0.2, 0) is 20.7 Å². The topological polar surface area (TPSA) is 136 Å². The average molecular weight is 368 g/mol. The Morgan fingerprint density at radius 1 is 1.19 bits per heavy atom. The average Bonchev–Trinajstić information content (AvgIpc) is 2.40. The number of nitrogen functional groups attached to an aromatic ring is 1. The monoisotopic (exact) mass is 368 g/mol. The zero-order valence-electron chi connectivity index (χ0n) is 16.1. The van der Waals surface area contributed by atoms with Crippen LogP contribution in [0.15, 0.2) is 11.0 Å². The number of anilines is 1. The number of hydrogen-bond acceptors (Lipinski definition) is 7. The molecule has 0 saturated carbocycles. The molecule has 26 heavy (non-hydrogen) atoms. The number of aromatic amines is 1. The summed E-state index contributed by atoms with van der Waals surface area (Å²) in [4.78, 5) is 42.5. The van der Waals surface area contributed by atoms with Crippen LogP contribution in [0.5, 0.6) is 0 Å². The summed E-state index contributed by atoms with van der Waals surface area (Å²) in [7, 11) is 0. The van der Waals surface area contributed by atoms with Crippen LogP contribution in [0.25, 0.3) is 0 Å². The fourth-order valence-electron chi connectivity index (χ4n) is 1.98. The number of aromatic nitrogens is 2. The van der Waals surface area contributed by atoms with Gasteiger partial charge in [0, 0.05) is 11.8 Å². The summed E-state index contributed by atoms with van der Waals surface area (Å²) in [5.74, 6) is -0.600. The molecule has 0 bridgehead atoms. The second-order valence-electron chi connectivity index (χ2n) is 7.89. The van der Waals surface area contributed by atoms with E-state index in [9.17, 15) is 14.4 Å². The second-order valence-corrected chi connectivity index (χ2v) is 7.89. The maximum atomic E-state index is 12.4. The lowest BCUT2D eigenvalue weighted by Crippen LogP contribution is -2.46. The van der Waals surface area contributed by atoms with Crippen LogP contribution in [0, 0.1) is 0 Å². The van der Waals surface area contributed by atoms with E-state index >= 15 is 0 Å². The molecule has 9 heteroatoms. The standard InChI is InChI=1S/C17H28N4O5/c1-16(2,3)25-13(23)11(20-15(24)26-17(4,5)6)8-7-10-9-19-14(18)21-12(10)22/h9,11H,7-8H2,1-6H3,(H,20,24)(H3,18,19,21,22). The van der Waals surface area contributed by atoms with E-state index < -0.39 is 34.9 Å². The van der Waals surface area contributed by atoms with Gasteiger partial charge in [-0.2, -0.15) is 0 Å². The molecule has 0 spiro atoms. The number of carbonyl (C=O) groups is 2. The van der Waals surface area contributed by atoms with Crippen molar-refractivity contribution in [3.05, 3.63) is 22.1 Å². The van der Waals surface area contributed by atoms with Crippen molar-refractivity contribution in [3.8, 4) is 0 Å². The van der Waals surface area contributed by atoms with Gasteiger partial charge in [0.25, 0.3) is 5.56 Å². The molecule has 146 valence electrons. The lowest BCUT2D eigenvalue weighted by molar-refractivity contribution is -0.157. The molecule has 0 aromatic carbocycles. The van der Waals surface area contributed by atoms with E-state index in [4.69, 9.17) is 15.2 Å². The molecular formula is C17H28N4O5. The van der Waals surface area contributed by atoms with E-state index in [-0.39, 0.29) is 18.8 Å². The fraction of sp³-hybridized carbons (Fsp3) is 0.647. The maximum Gasteiger partial charge on any atom is 0.408 e. The number of hydrogen-bond donors (Lipinski definition) is 3. The smallest absolute Gasteiger partial charge is 0.408 e. The van der Waals surface area contributed by atoms with Gasteiger partial charge in [0.1, 0.15) is 17.2 Å². The van der Waals surface area contributed by atoms with Gasteiger partial charge in [-0.05, 0) is 54.4 Å². The number of esters is 1. The SMILES string of the molecule is CC(C)(C)OC(=O)NC(CCc1cnc(N)[nH]c1=O)C(=O)OC(C)(C)C. The quantitative estimate of drug-likeness (QED) is 0.670. The molecule has 1 heterocycles. The number of ether oxygens (including phenoxy) is 2.